The average molecular weight is 308 g/mol. The summed E-state index contributed by atoms with van der Waals surface area (Å²) in [6.45, 7) is 0. The smallest absolute Gasteiger partial charge is 0.269 e. The molecular weight excluding hydrogens is 296 g/mol. The maximum atomic E-state index is 10.7. The van der Waals surface area contributed by atoms with E-state index in [-0.39, 0.29) is 5.69 Å². The Bertz CT molecular complexity index is 637. The molecule has 0 fully saturated rings. The summed E-state index contributed by atoms with van der Waals surface area (Å²) in [6.07, 6.45) is 1.91. The van der Waals surface area contributed by atoms with E-state index in [0.717, 1.165) is 10.6 Å². The van der Waals surface area contributed by atoms with Crippen LogP contribution in [0.4, 0.5) is 11.5 Å². The number of rotatable bonds is 5. The van der Waals surface area contributed by atoms with E-state index in [0.29, 0.717) is 16.7 Å². The normalized spacial score (nSPS) is 10.4. The van der Waals surface area contributed by atoms with Crippen LogP contribution in [-0.2, 0) is 5.75 Å². The van der Waals surface area contributed by atoms with Crippen molar-refractivity contribution in [3.8, 4) is 0 Å². The summed E-state index contributed by atoms with van der Waals surface area (Å²) in [5.41, 5.74) is 6.63. The summed E-state index contributed by atoms with van der Waals surface area (Å²) in [5.74, 6) is 0.977. The maximum absolute atomic E-state index is 10.7. The van der Waals surface area contributed by atoms with Crippen molar-refractivity contribution in [3.63, 3.8) is 0 Å². The SMILES string of the molecule is CSc1cc(N)nc(SCc2cccc([N+](=O)[O-])c2)n1. The van der Waals surface area contributed by atoms with Gasteiger partial charge < -0.3 is 5.73 Å². The number of nitro benzene ring substituents is 1. The Kier molecular flexibility index (Phi) is 4.80. The topological polar surface area (TPSA) is 94.9 Å². The molecule has 104 valence electrons. The molecule has 0 spiro atoms. The Labute approximate surface area is 124 Å². The molecule has 1 aromatic carbocycles. The van der Waals surface area contributed by atoms with Gasteiger partial charge in [-0.2, -0.15) is 0 Å². The molecule has 0 aliphatic rings. The lowest BCUT2D eigenvalue weighted by molar-refractivity contribution is -0.384. The second-order valence-electron chi connectivity index (χ2n) is 3.83. The second-order valence-corrected chi connectivity index (χ2v) is 5.60. The molecule has 2 N–H and O–H groups in total. The van der Waals surface area contributed by atoms with Gasteiger partial charge in [0.1, 0.15) is 10.8 Å². The molecule has 0 amide bonds. The first-order valence-corrected chi connectivity index (χ1v) is 7.84. The predicted octanol–water partition coefficient (Wildman–Crippen LogP) is 2.98. The highest BCUT2D eigenvalue weighted by Crippen LogP contribution is 2.24. The largest absolute Gasteiger partial charge is 0.384 e. The van der Waals surface area contributed by atoms with Crippen molar-refractivity contribution in [1.82, 2.24) is 9.97 Å². The van der Waals surface area contributed by atoms with Gasteiger partial charge in [-0.3, -0.25) is 10.1 Å². The van der Waals surface area contributed by atoms with E-state index < -0.39 is 4.92 Å². The van der Waals surface area contributed by atoms with E-state index in [1.54, 1.807) is 18.2 Å². The van der Waals surface area contributed by atoms with Gasteiger partial charge in [0.15, 0.2) is 5.16 Å². The van der Waals surface area contributed by atoms with Crippen molar-refractivity contribution in [2.75, 3.05) is 12.0 Å². The fraction of sp³-hybridized carbons (Fsp3) is 0.167. The van der Waals surface area contributed by atoms with Crippen LogP contribution in [0.15, 0.2) is 40.5 Å². The Morgan fingerprint density at radius 1 is 1.35 bits per heavy atom. The number of hydrogen-bond acceptors (Lipinski definition) is 7. The van der Waals surface area contributed by atoms with Crippen LogP contribution < -0.4 is 5.73 Å². The molecule has 1 aromatic heterocycles. The van der Waals surface area contributed by atoms with Crippen LogP contribution in [0.2, 0.25) is 0 Å². The maximum Gasteiger partial charge on any atom is 0.269 e. The van der Waals surface area contributed by atoms with Crippen LogP contribution in [0.3, 0.4) is 0 Å². The molecular formula is C12H12N4O2S2. The van der Waals surface area contributed by atoms with Gasteiger partial charge >= 0.3 is 0 Å². The molecule has 0 bridgehead atoms. The first kappa shape index (κ1) is 14.6. The molecule has 0 aliphatic heterocycles. The highest BCUT2D eigenvalue weighted by molar-refractivity contribution is 7.99. The van der Waals surface area contributed by atoms with E-state index in [1.807, 2.05) is 12.3 Å². The third kappa shape index (κ3) is 3.84. The monoisotopic (exact) mass is 308 g/mol. The number of non-ortho nitro benzene ring substituents is 1. The molecule has 0 saturated carbocycles. The van der Waals surface area contributed by atoms with Gasteiger partial charge in [-0.25, -0.2) is 9.97 Å². The van der Waals surface area contributed by atoms with Crippen LogP contribution in [0, 0.1) is 10.1 Å². The molecule has 0 radical (unpaired) electrons. The van der Waals surface area contributed by atoms with Gasteiger partial charge in [-0.1, -0.05) is 23.9 Å². The molecule has 0 atom stereocenters. The lowest BCUT2D eigenvalue weighted by Crippen LogP contribution is -1.96. The number of aromatic nitrogens is 2. The fourth-order valence-electron chi connectivity index (χ4n) is 1.50. The number of nitro groups is 1. The predicted molar refractivity (Wildman–Crippen MR) is 80.9 cm³/mol. The van der Waals surface area contributed by atoms with Crippen LogP contribution in [0.5, 0.6) is 0 Å². The van der Waals surface area contributed by atoms with Crippen molar-refractivity contribution in [2.24, 2.45) is 0 Å². The van der Waals surface area contributed by atoms with Crippen molar-refractivity contribution < 1.29 is 4.92 Å². The molecule has 0 unspecified atom stereocenters. The van der Waals surface area contributed by atoms with E-state index in [1.165, 1.54) is 29.6 Å². The van der Waals surface area contributed by atoms with Gasteiger partial charge in [0.2, 0.25) is 0 Å². The van der Waals surface area contributed by atoms with Crippen LogP contribution in [-0.4, -0.2) is 21.1 Å². The zero-order chi connectivity index (χ0) is 14.5. The highest BCUT2D eigenvalue weighted by Gasteiger charge is 2.07. The number of nitrogens with two attached hydrogens (primary N) is 1. The van der Waals surface area contributed by atoms with Gasteiger partial charge in [-0.05, 0) is 11.8 Å². The van der Waals surface area contributed by atoms with Gasteiger partial charge in [-0.15, -0.1) is 11.8 Å². The zero-order valence-electron chi connectivity index (χ0n) is 10.6. The number of thioether (sulfide) groups is 2. The Morgan fingerprint density at radius 2 is 2.15 bits per heavy atom. The molecule has 2 aromatic rings. The average Bonchev–Trinajstić information content (AvgIpc) is 2.44. The Hall–Kier alpha value is -1.80. The molecule has 2 rings (SSSR count). The van der Waals surface area contributed by atoms with Crippen LogP contribution >= 0.6 is 23.5 Å². The lowest BCUT2D eigenvalue weighted by Gasteiger charge is -2.04. The first-order chi connectivity index (χ1) is 9.58. The van der Waals surface area contributed by atoms with Gasteiger partial charge in [0.05, 0.1) is 4.92 Å². The summed E-state index contributed by atoms with van der Waals surface area (Å²) in [5, 5.41) is 12.1. The highest BCUT2D eigenvalue weighted by atomic mass is 32.2. The van der Waals surface area contributed by atoms with E-state index in [2.05, 4.69) is 9.97 Å². The summed E-state index contributed by atoms with van der Waals surface area (Å²) >= 11 is 2.89. The standard InChI is InChI=1S/C12H12N4O2S2/c1-19-11-6-10(13)14-12(15-11)20-7-8-3-2-4-9(5-8)16(17)18/h2-6H,7H2,1H3,(H2,13,14,15). The molecule has 8 heteroatoms. The zero-order valence-corrected chi connectivity index (χ0v) is 12.3. The van der Waals surface area contributed by atoms with Gasteiger partial charge in [0.25, 0.3) is 5.69 Å². The molecule has 0 aliphatic carbocycles. The number of anilines is 1. The van der Waals surface area contributed by atoms with Crippen LogP contribution in [0.1, 0.15) is 5.56 Å². The summed E-state index contributed by atoms with van der Waals surface area (Å²) in [7, 11) is 0. The Morgan fingerprint density at radius 3 is 2.85 bits per heavy atom. The molecule has 1 heterocycles. The van der Waals surface area contributed by atoms with Crippen molar-refractivity contribution in [1.29, 1.82) is 0 Å². The minimum absolute atomic E-state index is 0.0846. The first-order valence-electron chi connectivity index (χ1n) is 5.63. The van der Waals surface area contributed by atoms with E-state index in [4.69, 9.17) is 5.73 Å². The van der Waals surface area contributed by atoms with Crippen LogP contribution in [0.25, 0.3) is 0 Å². The number of nitrogen functional groups attached to an aromatic ring is 1. The summed E-state index contributed by atoms with van der Waals surface area (Å²) in [4.78, 5) is 18.8. The lowest BCUT2D eigenvalue weighted by atomic mass is 10.2. The number of hydrogen-bond donors (Lipinski definition) is 1. The Balaban J connectivity index is 2.10. The van der Waals surface area contributed by atoms with Gasteiger partial charge in [0, 0.05) is 24.0 Å². The molecule has 20 heavy (non-hydrogen) atoms. The summed E-state index contributed by atoms with van der Waals surface area (Å²) < 4.78 is 0. The second kappa shape index (κ2) is 6.58. The quantitative estimate of drug-likeness (QED) is 0.298. The van der Waals surface area contributed by atoms with E-state index in [9.17, 15) is 10.1 Å². The molecule has 6 nitrogen and oxygen atoms in total. The summed E-state index contributed by atoms with van der Waals surface area (Å²) in [6, 6.07) is 8.23. The number of benzene rings is 1. The molecule has 0 saturated heterocycles. The van der Waals surface area contributed by atoms with Crippen molar-refractivity contribution in [2.45, 2.75) is 15.9 Å². The van der Waals surface area contributed by atoms with Crippen molar-refractivity contribution in [3.05, 3.63) is 46.0 Å². The fourth-order valence-corrected chi connectivity index (χ4v) is 2.78. The number of nitrogens with zero attached hydrogens (tertiary/aromatic N) is 3. The minimum atomic E-state index is -0.406. The van der Waals surface area contributed by atoms with Crippen molar-refractivity contribution >= 4 is 35.0 Å². The minimum Gasteiger partial charge on any atom is -0.384 e. The third-order valence-corrected chi connectivity index (χ3v) is 3.95. The van der Waals surface area contributed by atoms with E-state index >= 15 is 0 Å². The third-order valence-electron chi connectivity index (χ3n) is 2.40.